The molecule has 6 heteroatoms. The number of rotatable bonds is 2. The second kappa shape index (κ2) is 6.20. The van der Waals surface area contributed by atoms with Gasteiger partial charge in [0.1, 0.15) is 0 Å². The molecule has 0 saturated carbocycles. The Hall–Kier alpha value is -2.76. The number of aromatic nitrogens is 1. The summed E-state index contributed by atoms with van der Waals surface area (Å²) in [5.74, 6) is -1.77. The third kappa shape index (κ3) is 2.75. The number of nitrogens with zero attached hydrogens (tertiary/aromatic N) is 1. The van der Waals surface area contributed by atoms with E-state index in [-0.39, 0.29) is 6.54 Å². The van der Waals surface area contributed by atoms with E-state index in [1.807, 2.05) is 54.6 Å². The summed E-state index contributed by atoms with van der Waals surface area (Å²) >= 11 is 0. The van der Waals surface area contributed by atoms with Gasteiger partial charge in [-0.15, -0.1) is 0 Å². The second-order valence-corrected chi connectivity index (χ2v) is 6.48. The van der Waals surface area contributed by atoms with Gasteiger partial charge in [0.2, 0.25) is 0 Å². The first-order valence-electron chi connectivity index (χ1n) is 8.50. The van der Waals surface area contributed by atoms with Crippen molar-refractivity contribution in [3.63, 3.8) is 0 Å². The highest BCUT2D eigenvalue weighted by Crippen LogP contribution is 2.42. The minimum Gasteiger partial charge on any atom is -0.356 e. The lowest BCUT2D eigenvalue weighted by atomic mass is 9.97. The molecule has 26 heavy (non-hydrogen) atoms. The standard InChI is InChI=1S/C20H17F3N2O/c21-20(22,23)19(26)25-12-6-11-16(25)18-17(13-7-2-1-3-8-13)14-9-4-5-10-15(14)24-18/h1-5,7-10,16,24H,6,11-12H2/t16-/m0/s1. The number of H-pyrrole nitrogens is 1. The number of nitrogens with one attached hydrogen (secondary N) is 1. The van der Waals surface area contributed by atoms with Crippen LogP contribution in [0.25, 0.3) is 22.0 Å². The molecule has 1 aromatic heterocycles. The molecule has 1 aliphatic rings. The minimum atomic E-state index is -4.86. The molecule has 1 N–H and O–H groups in total. The van der Waals surface area contributed by atoms with E-state index in [9.17, 15) is 18.0 Å². The van der Waals surface area contributed by atoms with E-state index in [2.05, 4.69) is 4.98 Å². The Kier molecular flexibility index (Phi) is 3.98. The molecule has 1 atom stereocenters. The smallest absolute Gasteiger partial charge is 0.356 e. The summed E-state index contributed by atoms with van der Waals surface area (Å²) in [7, 11) is 0. The average Bonchev–Trinajstić information content (AvgIpc) is 3.25. The van der Waals surface area contributed by atoms with Crippen LogP contribution in [0.15, 0.2) is 54.6 Å². The maximum Gasteiger partial charge on any atom is 0.471 e. The number of aromatic amines is 1. The van der Waals surface area contributed by atoms with Gasteiger partial charge >= 0.3 is 12.1 Å². The normalized spacial score (nSPS) is 17.8. The van der Waals surface area contributed by atoms with Gasteiger partial charge in [0.15, 0.2) is 0 Å². The van der Waals surface area contributed by atoms with Gasteiger partial charge in [-0.05, 0) is 24.5 Å². The number of carbonyl (C=O) groups is 1. The van der Waals surface area contributed by atoms with Gasteiger partial charge in [0.25, 0.3) is 0 Å². The molecule has 1 fully saturated rings. The molecule has 3 nitrogen and oxygen atoms in total. The Morgan fingerprint density at radius 3 is 2.46 bits per heavy atom. The lowest BCUT2D eigenvalue weighted by Gasteiger charge is -2.26. The number of fused-ring (bicyclic) bond motifs is 1. The molecule has 0 radical (unpaired) electrons. The second-order valence-electron chi connectivity index (χ2n) is 6.48. The predicted octanol–water partition coefficient (Wildman–Crippen LogP) is 5.06. The van der Waals surface area contributed by atoms with Crippen molar-refractivity contribution in [3.05, 3.63) is 60.3 Å². The first-order valence-corrected chi connectivity index (χ1v) is 8.50. The number of likely N-dealkylation sites (tertiary alicyclic amines) is 1. The van der Waals surface area contributed by atoms with Crippen molar-refractivity contribution in [2.75, 3.05) is 6.54 Å². The van der Waals surface area contributed by atoms with E-state index >= 15 is 0 Å². The molecule has 1 aliphatic heterocycles. The lowest BCUT2D eigenvalue weighted by Crippen LogP contribution is -2.40. The SMILES string of the molecule is O=C(N1CCC[C@H]1c1[nH]c2ccccc2c1-c1ccccc1)C(F)(F)F. The monoisotopic (exact) mass is 358 g/mol. The van der Waals surface area contributed by atoms with E-state index in [1.54, 1.807) is 0 Å². The van der Waals surface area contributed by atoms with Crippen LogP contribution >= 0.6 is 0 Å². The summed E-state index contributed by atoms with van der Waals surface area (Å²) in [5.41, 5.74) is 3.32. The van der Waals surface area contributed by atoms with Gasteiger partial charge in [-0.3, -0.25) is 4.79 Å². The zero-order valence-electron chi connectivity index (χ0n) is 13.9. The van der Waals surface area contributed by atoms with Crippen LogP contribution in [-0.2, 0) is 4.79 Å². The van der Waals surface area contributed by atoms with E-state index in [0.29, 0.717) is 18.5 Å². The number of carbonyl (C=O) groups excluding carboxylic acids is 1. The van der Waals surface area contributed by atoms with Crippen molar-refractivity contribution < 1.29 is 18.0 Å². The van der Waals surface area contributed by atoms with Crippen molar-refractivity contribution in [1.29, 1.82) is 0 Å². The van der Waals surface area contributed by atoms with Crippen LogP contribution in [0, 0.1) is 0 Å². The average molecular weight is 358 g/mol. The van der Waals surface area contributed by atoms with Crippen LogP contribution < -0.4 is 0 Å². The van der Waals surface area contributed by atoms with Crippen LogP contribution in [0.3, 0.4) is 0 Å². The lowest BCUT2D eigenvalue weighted by molar-refractivity contribution is -0.186. The van der Waals surface area contributed by atoms with Crippen molar-refractivity contribution in [3.8, 4) is 11.1 Å². The van der Waals surface area contributed by atoms with E-state index in [1.165, 1.54) is 0 Å². The summed E-state index contributed by atoms with van der Waals surface area (Å²) in [5, 5.41) is 0.944. The molecular formula is C20H17F3N2O. The third-order valence-electron chi connectivity index (χ3n) is 4.89. The van der Waals surface area contributed by atoms with Crippen molar-refractivity contribution in [2.45, 2.75) is 25.1 Å². The maximum absolute atomic E-state index is 13.0. The molecule has 1 amide bonds. The van der Waals surface area contributed by atoms with Crippen LogP contribution in [0.4, 0.5) is 13.2 Å². The van der Waals surface area contributed by atoms with Crippen molar-refractivity contribution >= 4 is 16.8 Å². The summed E-state index contributed by atoms with van der Waals surface area (Å²) in [6, 6.07) is 16.6. The highest BCUT2D eigenvalue weighted by molar-refractivity contribution is 5.98. The highest BCUT2D eigenvalue weighted by Gasteiger charge is 2.47. The quantitative estimate of drug-likeness (QED) is 0.683. The Labute approximate surface area is 148 Å². The third-order valence-corrected chi connectivity index (χ3v) is 4.89. The van der Waals surface area contributed by atoms with Crippen LogP contribution in [0.1, 0.15) is 24.6 Å². The fourth-order valence-corrected chi connectivity index (χ4v) is 3.80. The molecule has 2 aromatic carbocycles. The molecule has 134 valence electrons. The van der Waals surface area contributed by atoms with E-state index in [0.717, 1.165) is 26.9 Å². The summed E-state index contributed by atoms with van der Waals surface area (Å²) in [6.45, 7) is 0.118. The zero-order valence-corrected chi connectivity index (χ0v) is 13.9. The number of amides is 1. The Morgan fingerprint density at radius 1 is 1.04 bits per heavy atom. The van der Waals surface area contributed by atoms with Crippen molar-refractivity contribution in [2.24, 2.45) is 0 Å². The first kappa shape index (κ1) is 16.7. The van der Waals surface area contributed by atoms with Crippen LogP contribution in [0.2, 0.25) is 0 Å². The fourth-order valence-electron chi connectivity index (χ4n) is 3.80. The fraction of sp³-hybridized carbons (Fsp3) is 0.250. The van der Waals surface area contributed by atoms with Gasteiger partial charge in [-0.1, -0.05) is 48.5 Å². The topological polar surface area (TPSA) is 36.1 Å². The van der Waals surface area contributed by atoms with Crippen LogP contribution in [0.5, 0.6) is 0 Å². The Morgan fingerprint density at radius 2 is 1.73 bits per heavy atom. The van der Waals surface area contributed by atoms with Gasteiger partial charge in [-0.25, -0.2) is 0 Å². The molecule has 0 bridgehead atoms. The Balaban J connectivity index is 1.88. The molecule has 2 heterocycles. The number of halogens is 3. The van der Waals surface area contributed by atoms with Crippen molar-refractivity contribution in [1.82, 2.24) is 9.88 Å². The van der Waals surface area contributed by atoms with Gasteiger partial charge < -0.3 is 9.88 Å². The number of hydrogen-bond donors (Lipinski definition) is 1. The highest BCUT2D eigenvalue weighted by atomic mass is 19.4. The number of benzene rings is 2. The molecular weight excluding hydrogens is 341 g/mol. The zero-order chi connectivity index (χ0) is 18.3. The molecule has 0 aliphatic carbocycles. The van der Waals surface area contributed by atoms with Gasteiger partial charge in [-0.2, -0.15) is 13.2 Å². The minimum absolute atomic E-state index is 0.118. The predicted molar refractivity (Wildman–Crippen MR) is 93.5 cm³/mol. The molecule has 0 spiro atoms. The summed E-state index contributed by atoms with van der Waals surface area (Å²) in [4.78, 5) is 16.1. The molecule has 4 rings (SSSR count). The van der Waals surface area contributed by atoms with Gasteiger partial charge in [0, 0.05) is 28.7 Å². The molecule has 0 unspecified atom stereocenters. The number of hydrogen-bond acceptors (Lipinski definition) is 1. The van der Waals surface area contributed by atoms with E-state index in [4.69, 9.17) is 0 Å². The maximum atomic E-state index is 13.0. The van der Waals surface area contributed by atoms with Crippen LogP contribution in [-0.4, -0.2) is 28.5 Å². The summed E-state index contributed by atoms with van der Waals surface area (Å²) in [6.07, 6.45) is -3.80. The molecule has 1 saturated heterocycles. The molecule has 3 aromatic rings. The summed E-state index contributed by atoms with van der Waals surface area (Å²) < 4.78 is 39.0. The van der Waals surface area contributed by atoms with Gasteiger partial charge in [0.05, 0.1) is 6.04 Å². The number of alkyl halides is 3. The van der Waals surface area contributed by atoms with E-state index < -0.39 is 18.1 Å². The number of para-hydroxylation sites is 1. The largest absolute Gasteiger partial charge is 0.471 e. The first-order chi connectivity index (χ1) is 12.5. The Bertz CT molecular complexity index is 947.